The van der Waals surface area contributed by atoms with Gasteiger partial charge >= 0.3 is 0 Å². The number of anilines is 2. The quantitative estimate of drug-likeness (QED) is 0.839. The molecule has 108 valence electrons. The van der Waals surface area contributed by atoms with Gasteiger partial charge in [-0.3, -0.25) is 4.79 Å². The summed E-state index contributed by atoms with van der Waals surface area (Å²) in [5.74, 6) is 0.637. The van der Waals surface area contributed by atoms with Gasteiger partial charge in [-0.15, -0.1) is 0 Å². The molecule has 0 radical (unpaired) electrons. The van der Waals surface area contributed by atoms with Crippen molar-refractivity contribution in [2.75, 3.05) is 23.8 Å². The first-order chi connectivity index (χ1) is 9.44. The van der Waals surface area contributed by atoms with Crippen LogP contribution in [0.4, 0.5) is 11.4 Å². The number of nitrogens with two attached hydrogens (primary N) is 1. The Balaban J connectivity index is 1.81. The van der Waals surface area contributed by atoms with E-state index in [1.807, 2.05) is 6.07 Å². The minimum atomic E-state index is -0.0933. The third-order valence-corrected chi connectivity index (χ3v) is 3.87. The van der Waals surface area contributed by atoms with E-state index in [-0.39, 0.29) is 24.2 Å². The maximum atomic E-state index is 12.1. The Hall–Kier alpha value is -1.75. The first kappa shape index (κ1) is 13.2. The Bertz CT molecular complexity index is 542. The summed E-state index contributed by atoms with van der Waals surface area (Å²) < 4.78 is 11.4. The Labute approximate surface area is 118 Å². The maximum Gasteiger partial charge on any atom is 0.265 e. The molecule has 0 aromatic heterocycles. The summed E-state index contributed by atoms with van der Waals surface area (Å²) in [7, 11) is 0. The summed E-state index contributed by atoms with van der Waals surface area (Å²) in [5, 5.41) is 0. The van der Waals surface area contributed by atoms with E-state index in [2.05, 4.69) is 13.8 Å². The second-order valence-electron chi connectivity index (χ2n) is 6.06. The normalized spacial score (nSPS) is 24.4. The lowest BCUT2D eigenvalue weighted by atomic mass is 10.1. The number of carbonyl (C=O) groups excluding carboxylic acids is 1. The Morgan fingerprint density at radius 1 is 1.45 bits per heavy atom. The first-order valence-corrected chi connectivity index (χ1v) is 6.95. The highest BCUT2D eigenvalue weighted by atomic mass is 16.5. The fourth-order valence-corrected chi connectivity index (χ4v) is 2.83. The monoisotopic (exact) mass is 276 g/mol. The molecule has 20 heavy (non-hydrogen) atoms. The van der Waals surface area contributed by atoms with Gasteiger partial charge in [0.05, 0.1) is 23.9 Å². The van der Waals surface area contributed by atoms with Gasteiger partial charge in [0.25, 0.3) is 5.91 Å². The number of hydrogen-bond acceptors (Lipinski definition) is 4. The largest absolute Gasteiger partial charge is 0.481 e. The number of carbonyl (C=O) groups is 1. The lowest BCUT2D eigenvalue weighted by Crippen LogP contribution is -2.43. The van der Waals surface area contributed by atoms with Crippen LogP contribution in [0.25, 0.3) is 0 Å². The summed E-state index contributed by atoms with van der Waals surface area (Å²) in [5.41, 5.74) is 7.08. The van der Waals surface area contributed by atoms with Crippen LogP contribution in [0.5, 0.6) is 5.75 Å². The minimum absolute atomic E-state index is 0.0319. The van der Waals surface area contributed by atoms with Crippen molar-refractivity contribution in [1.82, 2.24) is 0 Å². The van der Waals surface area contributed by atoms with E-state index < -0.39 is 0 Å². The molecule has 1 atom stereocenters. The predicted molar refractivity (Wildman–Crippen MR) is 76.9 cm³/mol. The molecule has 2 N–H and O–H groups in total. The third kappa shape index (κ3) is 2.45. The number of benzene rings is 1. The summed E-state index contributed by atoms with van der Waals surface area (Å²) >= 11 is 0. The van der Waals surface area contributed by atoms with Crippen LogP contribution in [0.3, 0.4) is 0 Å². The second kappa shape index (κ2) is 4.66. The van der Waals surface area contributed by atoms with Gasteiger partial charge in [0.2, 0.25) is 0 Å². The number of nitrogen functional groups attached to an aromatic ring is 1. The molecule has 1 aromatic rings. The van der Waals surface area contributed by atoms with Gasteiger partial charge in [0.15, 0.2) is 6.61 Å². The van der Waals surface area contributed by atoms with Gasteiger partial charge in [-0.25, -0.2) is 0 Å². The van der Waals surface area contributed by atoms with Crippen LogP contribution >= 0.6 is 0 Å². The lowest BCUT2D eigenvalue weighted by molar-refractivity contribution is -0.122. The van der Waals surface area contributed by atoms with Gasteiger partial charge in [0.1, 0.15) is 5.75 Å². The van der Waals surface area contributed by atoms with Crippen molar-refractivity contribution in [2.24, 2.45) is 0 Å². The first-order valence-electron chi connectivity index (χ1n) is 6.95. The van der Waals surface area contributed by atoms with Crippen LogP contribution < -0.4 is 15.4 Å². The zero-order chi connectivity index (χ0) is 14.3. The van der Waals surface area contributed by atoms with E-state index in [4.69, 9.17) is 15.2 Å². The van der Waals surface area contributed by atoms with Gasteiger partial charge in [0, 0.05) is 11.8 Å². The van der Waals surface area contributed by atoms with Gasteiger partial charge in [-0.2, -0.15) is 0 Å². The molecule has 1 aromatic carbocycles. The number of hydrogen-bond donors (Lipinski definition) is 1. The van der Waals surface area contributed by atoms with E-state index in [0.717, 1.165) is 18.5 Å². The number of rotatable bonds is 2. The molecular formula is C15H20N2O3. The van der Waals surface area contributed by atoms with E-state index in [1.54, 1.807) is 17.0 Å². The lowest BCUT2D eigenvalue weighted by Gasteiger charge is -2.31. The Morgan fingerprint density at radius 2 is 2.25 bits per heavy atom. The molecule has 5 nitrogen and oxygen atoms in total. The van der Waals surface area contributed by atoms with Crippen molar-refractivity contribution < 1.29 is 14.3 Å². The molecular weight excluding hydrogens is 256 g/mol. The summed E-state index contributed by atoms with van der Waals surface area (Å²) in [4.78, 5) is 13.9. The number of nitrogens with zero attached hydrogens (tertiary/aromatic N) is 1. The van der Waals surface area contributed by atoms with Crippen LogP contribution in [-0.4, -0.2) is 30.8 Å². The smallest absolute Gasteiger partial charge is 0.265 e. The van der Waals surface area contributed by atoms with Crippen LogP contribution in [-0.2, 0) is 9.53 Å². The van der Waals surface area contributed by atoms with E-state index in [9.17, 15) is 4.79 Å². The van der Waals surface area contributed by atoms with Crippen molar-refractivity contribution in [3.63, 3.8) is 0 Å². The van der Waals surface area contributed by atoms with Crippen molar-refractivity contribution >= 4 is 17.3 Å². The molecule has 1 unspecified atom stereocenters. The topological polar surface area (TPSA) is 64.8 Å². The van der Waals surface area contributed by atoms with Crippen LogP contribution in [0.2, 0.25) is 0 Å². The fraction of sp³-hybridized carbons (Fsp3) is 0.533. The van der Waals surface area contributed by atoms with Crippen molar-refractivity contribution in [3.8, 4) is 5.75 Å². The summed E-state index contributed by atoms with van der Waals surface area (Å²) in [6.45, 7) is 4.81. The molecule has 5 heteroatoms. The molecule has 0 saturated carbocycles. The van der Waals surface area contributed by atoms with Crippen molar-refractivity contribution in [2.45, 2.75) is 38.4 Å². The average molecular weight is 276 g/mol. The SMILES string of the molecule is CC1(C)CCC(CN2C(=O)COc3cc(N)ccc32)O1. The van der Waals surface area contributed by atoms with Gasteiger partial charge in [-0.05, 0) is 38.8 Å². The number of ether oxygens (including phenoxy) is 2. The molecule has 1 amide bonds. The molecule has 2 aliphatic heterocycles. The van der Waals surface area contributed by atoms with E-state index in [0.29, 0.717) is 18.0 Å². The summed E-state index contributed by atoms with van der Waals surface area (Å²) in [6, 6.07) is 5.38. The summed E-state index contributed by atoms with van der Waals surface area (Å²) in [6.07, 6.45) is 2.07. The minimum Gasteiger partial charge on any atom is -0.481 e. The van der Waals surface area contributed by atoms with Gasteiger partial charge in [-0.1, -0.05) is 0 Å². The van der Waals surface area contributed by atoms with E-state index in [1.165, 1.54) is 0 Å². The highest BCUT2D eigenvalue weighted by Crippen LogP contribution is 2.36. The van der Waals surface area contributed by atoms with Crippen LogP contribution in [0.1, 0.15) is 26.7 Å². The molecule has 2 heterocycles. The van der Waals surface area contributed by atoms with Gasteiger partial charge < -0.3 is 20.1 Å². The third-order valence-electron chi connectivity index (χ3n) is 3.87. The Kier molecular flexibility index (Phi) is 3.09. The molecule has 0 spiro atoms. The molecule has 2 aliphatic rings. The van der Waals surface area contributed by atoms with Crippen LogP contribution in [0.15, 0.2) is 18.2 Å². The van der Waals surface area contributed by atoms with Crippen molar-refractivity contribution in [1.29, 1.82) is 0 Å². The Morgan fingerprint density at radius 3 is 2.95 bits per heavy atom. The average Bonchev–Trinajstić information content (AvgIpc) is 2.72. The van der Waals surface area contributed by atoms with Crippen LogP contribution in [0, 0.1) is 0 Å². The predicted octanol–water partition coefficient (Wildman–Crippen LogP) is 1.95. The zero-order valence-corrected chi connectivity index (χ0v) is 11.9. The second-order valence-corrected chi connectivity index (χ2v) is 6.06. The molecule has 1 saturated heterocycles. The standard InChI is InChI=1S/C15H20N2O3/c1-15(2)6-5-11(20-15)8-17-12-4-3-10(16)7-13(12)19-9-14(17)18/h3-4,7,11H,5-6,8-9,16H2,1-2H3. The highest BCUT2D eigenvalue weighted by molar-refractivity contribution is 5.98. The van der Waals surface area contributed by atoms with Crippen molar-refractivity contribution in [3.05, 3.63) is 18.2 Å². The highest BCUT2D eigenvalue weighted by Gasteiger charge is 2.35. The fourth-order valence-electron chi connectivity index (χ4n) is 2.83. The molecule has 3 rings (SSSR count). The molecule has 0 aliphatic carbocycles. The maximum absolute atomic E-state index is 12.1. The number of amides is 1. The number of fused-ring (bicyclic) bond motifs is 1. The molecule has 1 fully saturated rings. The molecule has 0 bridgehead atoms. The zero-order valence-electron chi connectivity index (χ0n) is 11.9. The van der Waals surface area contributed by atoms with E-state index >= 15 is 0 Å².